The predicted molar refractivity (Wildman–Crippen MR) is 38.6 cm³/mol. The fourth-order valence-electron chi connectivity index (χ4n) is 0.0962. The number of unbranched alkanes of at least 4 members (excludes halogenated alkanes) is 1. The van der Waals surface area contributed by atoms with E-state index in [1.807, 2.05) is 0 Å². The number of ether oxygens (including phenoxy) is 2. The van der Waals surface area contributed by atoms with Gasteiger partial charge in [-0.2, -0.15) is 6.42 Å². The molecule has 0 heterocycles. The molecule has 0 aromatic heterocycles. The molecule has 0 fully saturated rings. The fraction of sp³-hybridized carbons (Fsp3) is 0.714. The molecule has 0 aromatic carbocycles. The zero-order valence-corrected chi connectivity index (χ0v) is 8.58. The van der Waals surface area contributed by atoms with Crippen molar-refractivity contribution in [3.63, 3.8) is 0 Å². The van der Waals surface area contributed by atoms with E-state index in [1.165, 1.54) is 27.4 Å². The summed E-state index contributed by atoms with van der Waals surface area (Å²) in [5.41, 5.74) is 0. The van der Waals surface area contributed by atoms with Crippen molar-refractivity contribution in [3.8, 4) is 0 Å². The topological polar surface area (TPSA) is 18.5 Å². The number of hydrogen-bond acceptors (Lipinski definition) is 2. The van der Waals surface area contributed by atoms with E-state index in [-0.39, 0.29) is 21.7 Å². The molecule has 3 heteroatoms. The second-order valence-electron chi connectivity index (χ2n) is 1.42. The summed E-state index contributed by atoms with van der Waals surface area (Å²) in [7, 11) is 3.06. The van der Waals surface area contributed by atoms with Crippen LogP contribution in [0.5, 0.6) is 0 Å². The Bertz CT molecular complexity index is 30.8. The Balaban J connectivity index is -0.0000000910. The van der Waals surface area contributed by atoms with Crippen molar-refractivity contribution in [3.05, 3.63) is 13.7 Å². The Hall–Kier alpha value is 0.634. The van der Waals surface area contributed by atoms with Crippen LogP contribution in [0.15, 0.2) is 0 Å². The maximum Gasteiger partial charge on any atom is 2.00 e. The molecule has 2 nitrogen and oxygen atoms in total. The van der Waals surface area contributed by atoms with E-state index in [9.17, 15) is 0 Å². The first kappa shape index (κ1) is 16.9. The number of methoxy groups -OCH3 is 2. The summed E-state index contributed by atoms with van der Waals surface area (Å²) in [6, 6.07) is 0. The third kappa shape index (κ3) is 38.1. The van der Waals surface area contributed by atoms with E-state index in [0.717, 1.165) is 6.42 Å². The van der Waals surface area contributed by atoms with Gasteiger partial charge in [0.1, 0.15) is 0 Å². The molecule has 0 saturated heterocycles. The van der Waals surface area contributed by atoms with Crippen LogP contribution < -0.4 is 0 Å². The van der Waals surface area contributed by atoms with Crippen LogP contribution in [0.4, 0.5) is 0 Å². The van der Waals surface area contributed by atoms with Crippen molar-refractivity contribution in [2.24, 2.45) is 0 Å². The largest absolute Gasteiger partial charge is 2.00 e. The zero-order chi connectivity index (χ0) is 7.54. The standard InChI is InChI=1S/C4H9.C3H7O2.Ti/c1-3-4-2;1-4-3-5-2;/h1,3-4H2,2H3;3H,1-2H3;/q2*-1;+2. The first-order chi connectivity index (χ1) is 4.33. The van der Waals surface area contributed by atoms with Crippen LogP contribution in [0, 0.1) is 13.7 Å². The first-order valence-corrected chi connectivity index (χ1v) is 3.00. The molecule has 0 rings (SSSR count). The van der Waals surface area contributed by atoms with Crippen LogP contribution in [0.2, 0.25) is 0 Å². The third-order valence-corrected chi connectivity index (χ3v) is 0.546. The SMILES string of the molecule is CO[CH-]OC.[CH2-]CCC.[Ti+2]. The maximum atomic E-state index is 4.34. The van der Waals surface area contributed by atoms with Gasteiger partial charge in [-0.15, -0.1) is 0 Å². The monoisotopic (exact) mass is 180 g/mol. The molecule has 0 bridgehead atoms. The van der Waals surface area contributed by atoms with Gasteiger partial charge in [-0.05, 0) is 0 Å². The van der Waals surface area contributed by atoms with Crippen molar-refractivity contribution in [2.75, 3.05) is 14.2 Å². The predicted octanol–water partition coefficient (Wildman–Crippen LogP) is 2.02. The Morgan fingerprint density at radius 2 is 1.60 bits per heavy atom. The molecule has 0 aromatic rings. The molecule has 0 spiro atoms. The van der Waals surface area contributed by atoms with E-state index < -0.39 is 0 Å². The average Bonchev–Trinajstić information content (AvgIpc) is 1.91. The van der Waals surface area contributed by atoms with Gasteiger partial charge in [-0.25, -0.2) is 0 Å². The first-order valence-electron chi connectivity index (χ1n) is 3.00. The molecule has 0 saturated carbocycles. The molecule has 0 aliphatic carbocycles. The van der Waals surface area contributed by atoms with Crippen molar-refractivity contribution < 1.29 is 31.2 Å². The molecule has 10 heavy (non-hydrogen) atoms. The molecule has 0 atom stereocenters. The molecule has 60 valence electrons. The minimum atomic E-state index is 0. The normalized spacial score (nSPS) is 7.20. The van der Waals surface area contributed by atoms with E-state index >= 15 is 0 Å². The summed E-state index contributed by atoms with van der Waals surface area (Å²) in [6.45, 7) is 6.97. The summed E-state index contributed by atoms with van der Waals surface area (Å²) in [4.78, 5) is 0. The number of hydrogen-bond donors (Lipinski definition) is 0. The summed E-state index contributed by atoms with van der Waals surface area (Å²) in [5, 5.41) is 0. The zero-order valence-electron chi connectivity index (χ0n) is 7.02. The van der Waals surface area contributed by atoms with Gasteiger partial charge in [0.05, 0.1) is 0 Å². The summed E-state index contributed by atoms with van der Waals surface area (Å²) < 4.78 is 8.69. The van der Waals surface area contributed by atoms with Crippen LogP contribution in [0.1, 0.15) is 19.8 Å². The summed E-state index contributed by atoms with van der Waals surface area (Å²) in [6.07, 6.45) is 2.28. The van der Waals surface area contributed by atoms with Gasteiger partial charge in [0, 0.05) is 14.2 Å². The smallest absolute Gasteiger partial charge is 0.527 e. The van der Waals surface area contributed by atoms with Crippen molar-refractivity contribution >= 4 is 0 Å². The Morgan fingerprint density at radius 1 is 1.30 bits per heavy atom. The second kappa shape index (κ2) is 22.6. The molecule has 0 unspecified atom stereocenters. The van der Waals surface area contributed by atoms with Crippen LogP contribution in [-0.2, 0) is 31.2 Å². The minimum Gasteiger partial charge on any atom is -0.527 e. The van der Waals surface area contributed by atoms with E-state index in [4.69, 9.17) is 0 Å². The molecular formula is C7H16O2Ti. The van der Waals surface area contributed by atoms with Gasteiger partial charge >= 0.3 is 21.7 Å². The summed E-state index contributed by atoms with van der Waals surface area (Å²) in [5.74, 6) is 0. The maximum absolute atomic E-state index is 4.34. The molecule has 0 radical (unpaired) electrons. The molecule has 0 aliphatic heterocycles. The van der Waals surface area contributed by atoms with Crippen LogP contribution >= 0.6 is 0 Å². The van der Waals surface area contributed by atoms with Gasteiger partial charge in [0.15, 0.2) is 0 Å². The van der Waals surface area contributed by atoms with Crippen LogP contribution in [0.3, 0.4) is 0 Å². The summed E-state index contributed by atoms with van der Waals surface area (Å²) >= 11 is 0. The van der Waals surface area contributed by atoms with Crippen molar-refractivity contribution in [1.29, 1.82) is 0 Å². The van der Waals surface area contributed by atoms with E-state index in [2.05, 4.69) is 23.3 Å². The van der Waals surface area contributed by atoms with Crippen LogP contribution in [-0.4, -0.2) is 14.2 Å². The molecule has 0 aliphatic rings. The minimum absolute atomic E-state index is 0. The van der Waals surface area contributed by atoms with Gasteiger partial charge in [0.2, 0.25) is 0 Å². The molecule has 0 N–H and O–H groups in total. The van der Waals surface area contributed by atoms with Crippen LogP contribution in [0.25, 0.3) is 0 Å². The van der Waals surface area contributed by atoms with E-state index in [0.29, 0.717) is 0 Å². The van der Waals surface area contributed by atoms with Gasteiger partial charge < -0.3 is 16.4 Å². The van der Waals surface area contributed by atoms with Gasteiger partial charge in [-0.1, -0.05) is 20.1 Å². The van der Waals surface area contributed by atoms with E-state index in [1.54, 1.807) is 0 Å². The second-order valence-corrected chi connectivity index (χ2v) is 1.42. The van der Waals surface area contributed by atoms with Crippen molar-refractivity contribution in [2.45, 2.75) is 19.8 Å². The molecular weight excluding hydrogens is 164 g/mol. The molecule has 0 amide bonds. The average molecular weight is 180 g/mol. The Labute approximate surface area is 79.2 Å². The fourth-order valence-corrected chi connectivity index (χ4v) is 0.0962. The van der Waals surface area contributed by atoms with Gasteiger partial charge in [0.25, 0.3) is 0 Å². The van der Waals surface area contributed by atoms with Gasteiger partial charge in [-0.3, -0.25) is 0 Å². The number of rotatable bonds is 3. The van der Waals surface area contributed by atoms with Crippen molar-refractivity contribution in [1.82, 2.24) is 0 Å². The third-order valence-electron chi connectivity index (χ3n) is 0.546. The Kier molecular flexibility index (Phi) is 38.3. The Morgan fingerprint density at radius 3 is 1.60 bits per heavy atom. The quantitative estimate of drug-likeness (QED) is 0.488.